The lowest BCUT2D eigenvalue weighted by Gasteiger charge is -2.35. The first kappa shape index (κ1) is 16.2. The van der Waals surface area contributed by atoms with Gasteiger partial charge in [-0.05, 0) is 55.3 Å². The van der Waals surface area contributed by atoms with E-state index in [1.807, 2.05) is 24.4 Å². The number of pyridine rings is 1. The summed E-state index contributed by atoms with van der Waals surface area (Å²) in [5, 5.41) is 0. The maximum Gasteiger partial charge on any atom is 0.166 e. The molecule has 2 heterocycles. The van der Waals surface area contributed by atoms with Gasteiger partial charge in [-0.1, -0.05) is 6.07 Å². The van der Waals surface area contributed by atoms with Crippen LogP contribution in [-0.4, -0.2) is 48.4 Å². The molecular formula is C20H22FN3O. The summed E-state index contributed by atoms with van der Waals surface area (Å²) < 4.78 is 13.3. The Morgan fingerprint density at radius 3 is 2.72 bits per heavy atom. The largest absolute Gasteiger partial charge is 0.354 e. The summed E-state index contributed by atoms with van der Waals surface area (Å²) in [7, 11) is 0. The van der Waals surface area contributed by atoms with Gasteiger partial charge in [-0.15, -0.1) is 0 Å². The predicted molar refractivity (Wildman–Crippen MR) is 95.4 cm³/mol. The normalized spacial score (nSPS) is 20.8. The third kappa shape index (κ3) is 3.42. The van der Waals surface area contributed by atoms with E-state index in [4.69, 9.17) is 0 Å². The highest BCUT2D eigenvalue weighted by atomic mass is 19.1. The second-order valence-corrected chi connectivity index (χ2v) is 6.87. The molecule has 25 heavy (non-hydrogen) atoms. The maximum absolute atomic E-state index is 13.3. The molecule has 1 saturated heterocycles. The highest BCUT2D eigenvalue weighted by molar-refractivity contribution is 6.02. The van der Waals surface area contributed by atoms with Crippen molar-refractivity contribution in [2.45, 2.75) is 12.8 Å². The fourth-order valence-electron chi connectivity index (χ4n) is 3.86. The van der Waals surface area contributed by atoms with Crippen LogP contribution in [0.2, 0.25) is 0 Å². The van der Waals surface area contributed by atoms with E-state index in [0.717, 1.165) is 50.5 Å². The van der Waals surface area contributed by atoms with Crippen molar-refractivity contribution in [2.24, 2.45) is 5.92 Å². The molecule has 4 rings (SSSR count). The van der Waals surface area contributed by atoms with E-state index in [1.54, 1.807) is 6.07 Å². The number of Topliss-reactive ketones (excluding diaryl/α,β-unsaturated/α-hetero) is 1. The molecule has 0 radical (unpaired) electrons. The standard InChI is InChI=1S/C20H22FN3O/c21-17-4-5-18-16(14-17)13-15(20(18)25)6-8-23-9-11-24(12-10-23)19-3-1-2-7-22-19/h1-5,7,14-15H,6,8-13H2. The summed E-state index contributed by atoms with van der Waals surface area (Å²) in [6, 6.07) is 10.5. The van der Waals surface area contributed by atoms with Gasteiger partial charge in [0, 0.05) is 43.9 Å². The molecule has 1 atom stereocenters. The van der Waals surface area contributed by atoms with E-state index in [1.165, 1.54) is 12.1 Å². The molecule has 1 fully saturated rings. The molecule has 1 aromatic carbocycles. The molecule has 0 spiro atoms. The van der Waals surface area contributed by atoms with Crippen LogP contribution in [0.3, 0.4) is 0 Å². The lowest BCUT2D eigenvalue weighted by Crippen LogP contribution is -2.47. The first-order chi connectivity index (χ1) is 12.2. The number of hydrogen-bond acceptors (Lipinski definition) is 4. The molecule has 0 bridgehead atoms. The van der Waals surface area contributed by atoms with Gasteiger partial charge in [-0.25, -0.2) is 9.37 Å². The zero-order chi connectivity index (χ0) is 17.2. The van der Waals surface area contributed by atoms with Gasteiger partial charge in [0.05, 0.1) is 0 Å². The quantitative estimate of drug-likeness (QED) is 0.858. The summed E-state index contributed by atoms with van der Waals surface area (Å²) in [6.45, 7) is 4.81. The summed E-state index contributed by atoms with van der Waals surface area (Å²) in [5.74, 6) is 0.969. The number of aromatic nitrogens is 1. The molecule has 1 aromatic heterocycles. The second kappa shape index (κ2) is 6.92. The SMILES string of the molecule is O=C1c2ccc(F)cc2CC1CCN1CCN(c2ccccn2)CC1. The topological polar surface area (TPSA) is 36.4 Å². The Kier molecular flexibility index (Phi) is 4.49. The number of halogens is 1. The third-order valence-corrected chi connectivity index (χ3v) is 5.31. The van der Waals surface area contributed by atoms with Crippen LogP contribution in [-0.2, 0) is 6.42 Å². The molecule has 4 nitrogen and oxygen atoms in total. The van der Waals surface area contributed by atoms with Crippen LogP contribution >= 0.6 is 0 Å². The van der Waals surface area contributed by atoms with Crippen LogP contribution < -0.4 is 4.90 Å². The summed E-state index contributed by atoms with van der Waals surface area (Å²) >= 11 is 0. The monoisotopic (exact) mass is 339 g/mol. The van der Waals surface area contributed by atoms with Gasteiger partial charge in [0.25, 0.3) is 0 Å². The smallest absolute Gasteiger partial charge is 0.166 e. The molecule has 1 aliphatic heterocycles. The van der Waals surface area contributed by atoms with Gasteiger partial charge in [0.2, 0.25) is 0 Å². The fourth-order valence-corrected chi connectivity index (χ4v) is 3.86. The number of anilines is 1. The number of hydrogen-bond donors (Lipinski definition) is 0. The van der Waals surface area contributed by atoms with Gasteiger partial charge < -0.3 is 4.90 Å². The number of piperazine rings is 1. The van der Waals surface area contributed by atoms with Crippen LogP contribution in [0.25, 0.3) is 0 Å². The van der Waals surface area contributed by atoms with Crippen LogP contribution in [0.4, 0.5) is 10.2 Å². The van der Waals surface area contributed by atoms with Crippen LogP contribution in [0, 0.1) is 11.7 Å². The van der Waals surface area contributed by atoms with Gasteiger partial charge in [0.1, 0.15) is 11.6 Å². The molecule has 2 aliphatic rings. The molecule has 5 heteroatoms. The number of ketones is 1. The Balaban J connectivity index is 1.28. The number of fused-ring (bicyclic) bond motifs is 1. The number of carbonyl (C=O) groups excluding carboxylic acids is 1. The molecule has 0 amide bonds. The van der Waals surface area contributed by atoms with E-state index in [-0.39, 0.29) is 17.5 Å². The minimum Gasteiger partial charge on any atom is -0.354 e. The summed E-state index contributed by atoms with van der Waals surface area (Å²) in [4.78, 5) is 21.6. The molecular weight excluding hydrogens is 317 g/mol. The van der Waals surface area contributed by atoms with E-state index in [0.29, 0.717) is 12.0 Å². The van der Waals surface area contributed by atoms with Crippen LogP contribution in [0.5, 0.6) is 0 Å². The van der Waals surface area contributed by atoms with Crippen molar-refractivity contribution in [3.05, 3.63) is 59.5 Å². The molecule has 0 saturated carbocycles. The van der Waals surface area contributed by atoms with Gasteiger partial charge in [-0.3, -0.25) is 9.69 Å². The molecule has 0 N–H and O–H groups in total. The average Bonchev–Trinajstić information content (AvgIpc) is 2.96. The Bertz CT molecular complexity index is 757. The molecule has 1 aliphatic carbocycles. The first-order valence-electron chi connectivity index (χ1n) is 8.92. The minimum absolute atomic E-state index is 0.00520. The van der Waals surface area contributed by atoms with Crippen LogP contribution in [0.1, 0.15) is 22.3 Å². The number of carbonyl (C=O) groups is 1. The van der Waals surface area contributed by atoms with Crippen molar-refractivity contribution in [3.8, 4) is 0 Å². The van der Waals surface area contributed by atoms with Crippen molar-refractivity contribution in [1.82, 2.24) is 9.88 Å². The highest BCUT2D eigenvalue weighted by Gasteiger charge is 2.31. The van der Waals surface area contributed by atoms with E-state index in [2.05, 4.69) is 14.8 Å². The maximum atomic E-state index is 13.3. The average molecular weight is 339 g/mol. The lowest BCUT2D eigenvalue weighted by molar-refractivity contribution is 0.0920. The van der Waals surface area contributed by atoms with E-state index < -0.39 is 0 Å². The van der Waals surface area contributed by atoms with Crippen LogP contribution in [0.15, 0.2) is 42.6 Å². The Hall–Kier alpha value is -2.27. The van der Waals surface area contributed by atoms with Gasteiger partial charge in [-0.2, -0.15) is 0 Å². The van der Waals surface area contributed by atoms with Gasteiger partial charge in [0.15, 0.2) is 5.78 Å². The van der Waals surface area contributed by atoms with E-state index >= 15 is 0 Å². The van der Waals surface area contributed by atoms with Gasteiger partial charge >= 0.3 is 0 Å². The lowest BCUT2D eigenvalue weighted by atomic mass is 10.0. The summed E-state index contributed by atoms with van der Waals surface area (Å²) in [6.07, 6.45) is 3.35. The van der Waals surface area contributed by atoms with Crippen molar-refractivity contribution >= 4 is 11.6 Å². The molecule has 1 unspecified atom stereocenters. The van der Waals surface area contributed by atoms with Crippen molar-refractivity contribution in [3.63, 3.8) is 0 Å². The number of benzene rings is 1. The highest BCUT2D eigenvalue weighted by Crippen LogP contribution is 2.29. The summed E-state index contributed by atoms with van der Waals surface area (Å²) in [5.41, 5.74) is 1.58. The minimum atomic E-state index is -0.252. The third-order valence-electron chi connectivity index (χ3n) is 5.31. The Morgan fingerprint density at radius 2 is 1.96 bits per heavy atom. The number of rotatable bonds is 4. The van der Waals surface area contributed by atoms with E-state index in [9.17, 15) is 9.18 Å². The first-order valence-corrected chi connectivity index (χ1v) is 8.92. The predicted octanol–water partition coefficient (Wildman–Crippen LogP) is 2.79. The van der Waals surface area contributed by atoms with Crippen molar-refractivity contribution in [1.29, 1.82) is 0 Å². The number of nitrogens with zero attached hydrogens (tertiary/aromatic N) is 3. The second-order valence-electron chi connectivity index (χ2n) is 6.87. The zero-order valence-corrected chi connectivity index (χ0v) is 14.2. The Morgan fingerprint density at radius 1 is 1.12 bits per heavy atom. The van der Waals surface area contributed by atoms with Crippen molar-refractivity contribution < 1.29 is 9.18 Å². The molecule has 2 aromatic rings. The Labute approximate surface area is 147 Å². The van der Waals surface area contributed by atoms with Crippen molar-refractivity contribution in [2.75, 3.05) is 37.6 Å². The zero-order valence-electron chi connectivity index (χ0n) is 14.2. The fraction of sp³-hybridized carbons (Fsp3) is 0.400. The molecule has 130 valence electrons.